The topological polar surface area (TPSA) is 194 Å². The molecule has 4 atom stereocenters. The van der Waals surface area contributed by atoms with Crippen molar-refractivity contribution in [1.29, 1.82) is 0 Å². The minimum Gasteiger partial charge on any atom is -0.489 e. The van der Waals surface area contributed by atoms with Gasteiger partial charge in [0, 0.05) is 67.8 Å². The van der Waals surface area contributed by atoms with E-state index in [1.165, 1.54) is 42.9 Å². The Kier molecular flexibility index (Phi) is 11.4. The van der Waals surface area contributed by atoms with E-state index in [1.54, 1.807) is 12.3 Å². The van der Waals surface area contributed by atoms with Crippen molar-refractivity contribution in [3.8, 4) is 11.6 Å². The number of benzene rings is 3. The molecule has 8 heterocycles. The molecule has 368 valence electrons. The zero-order valence-electron chi connectivity index (χ0n) is 39.6. The second-order valence-electron chi connectivity index (χ2n) is 20.8. The molecule has 1 amide bonds. The van der Waals surface area contributed by atoms with Crippen molar-refractivity contribution in [3.05, 3.63) is 99.7 Å². The summed E-state index contributed by atoms with van der Waals surface area (Å²) < 4.78 is 54.9. The highest BCUT2D eigenvalue weighted by molar-refractivity contribution is 7.90. The number of aromatic amines is 1. The quantitative estimate of drug-likeness (QED) is 0.0896. The Morgan fingerprint density at radius 1 is 0.943 bits per heavy atom. The number of amides is 1. The first-order valence-electron chi connectivity index (χ1n) is 25.0. The van der Waals surface area contributed by atoms with E-state index in [0.29, 0.717) is 67.3 Å². The minimum atomic E-state index is -4.68. The molecule has 4 saturated heterocycles. The van der Waals surface area contributed by atoms with Crippen LogP contribution in [0.4, 0.5) is 28.4 Å². The molecule has 0 bridgehead atoms. The Balaban J connectivity index is 0.831. The van der Waals surface area contributed by atoms with Crippen LogP contribution in [0.15, 0.2) is 77.8 Å². The number of nitrogens with zero attached hydrogens (tertiary/aromatic N) is 5. The molecule has 7 aliphatic rings. The fourth-order valence-corrected chi connectivity index (χ4v) is 13.7. The summed E-state index contributed by atoms with van der Waals surface area (Å²) in [6.07, 6.45) is 9.87. The van der Waals surface area contributed by atoms with Crippen LogP contribution in [-0.2, 0) is 19.5 Å². The van der Waals surface area contributed by atoms with Crippen LogP contribution < -0.4 is 29.3 Å². The second-order valence-corrected chi connectivity index (χ2v) is 22.5. The maximum absolute atomic E-state index is 14.7. The molecule has 1 spiro atoms. The predicted octanol–water partition coefficient (Wildman–Crippen LogP) is 8.20. The predicted molar refractivity (Wildman–Crippen MR) is 264 cm³/mol. The number of fused-ring (bicyclic) bond motifs is 4. The first-order valence-corrected chi connectivity index (χ1v) is 26.5. The van der Waals surface area contributed by atoms with Gasteiger partial charge >= 0.3 is 0 Å². The maximum atomic E-state index is 14.7. The number of piperidine rings is 1. The van der Waals surface area contributed by atoms with Gasteiger partial charge < -0.3 is 39.0 Å². The van der Waals surface area contributed by atoms with Crippen molar-refractivity contribution >= 4 is 55.4 Å². The third-order valence-electron chi connectivity index (χ3n) is 16.5. The minimum absolute atomic E-state index is 0.0320. The molecule has 12 rings (SSSR count). The number of pyridine rings is 1. The number of carbonyl (C=O) groups is 1. The Bertz CT molecular complexity index is 2960. The monoisotopic (exact) mass is 972 g/mol. The molecule has 5 aromatic rings. The first-order chi connectivity index (χ1) is 33.9. The molecule has 1 aliphatic carbocycles. The fourth-order valence-electron chi connectivity index (χ4n) is 12.7. The van der Waals surface area contributed by atoms with E-state index in [0.717, 1.165) is 62.5 Å². The van der Waals surface area contributed by atoms with Crippen LogP contribution >= 0.6 is 0 Å². The highest BCUT2D eigenvalue weighted by Gasteiger charge is 2.50. The molecule has 0 unspecified atom stereocenters. The van der Waals surface area contributed by atoms with Crippen LogP contribution in [0.1, 0.15) is 98.7 Å². The van der Waals surface area contributed by atoms with Gasteiger partial charge in [0.2, 0.25) is 5.88 Å². The lowest BCUT2D eigenvalue weighted by Crippen LogP contribution is -2.55. The van der Waals surface area contributed by atoms with Crippen LogP contribution in [0.3, 0.4) is 0 Å². The number of likely N-dealkylation sites (tertiary alicyclic amines) is 1. The Morgan fingerprint density at radius 3 is 2.56 bits per heavy atom. The van der Waals surface area contributed by atoms with Crippen molar-refractivity contribution in [2.24, 2.45) is 11.3 Å². The molecule has 0 radical (unpaired) electrons. The van der Waals surface area contributed by atoms with Crippen LogP contribution in [0.25, 0.3) is 11.0 Å². The highest BCUT2D eigenvalue weighted by atomic mass is 32.2. The lowest BCUT2D eigenvalue weighted by molar-refractivity contribution is -0.384. The van der Waals surface area contributed by atoms with Gasteiger partial charge in [-0.15, -0.1) is 0 Å². The number of anilines is 4. The van der Waals surface area contributed by atoms with Gasteiger partial charge in [0.05, 0.1) is 46.4 Å². The van der Waals surface area contributed by atoms with Crippen molar-refractivity contribution < 1.29 is 37.1 Å². The standard InChI is InChI=1S/C52H60N8O9S/c1-31(2)37-6-3-4-7-38(37)41-8-5-17-58(41)35-26-52(27-35)14-18-57(19-15-52)34-9-10-39(42(23-34)59-44-22-33-11-16-53-49(33)55-51(44)69-47-30-67-29-45(47)59)50(61)56-70(64,65)36-24-43(60(62)63)48-46(25-36)68-28-40(54-48)32-12-20-66-21-13-32/h3-4,6-7,9-11,16,22-25,31-32,35,40-41,45,47,54H,5,8,12-15,17-21,26-30H2,1-2H3,(H,53,55)(H,56,61)/t40-,41-,45+,47-/m0/s1. The van der Waals surface area contributed by atoms with Crippen molar-refractivity contribution in [1.82, 2.24) is 19.6 Å². The molecule has 2 aromatic heterocycles. The van der Waals surface area contributed by atoms with E-state index in [9.17, 15) is 23.3 Å². The summed E-state index contributed by atoms with van der Waals surface area (Å²) in [5, 5.41) is 16.6. The summed E-state index contributed by atoms with van der Waals surface area (Å²) >= 11 is 0. The number of rotatable bonds is 10. The number of aromatic nitrogens is 2. The van der Waals surface area contributed by atoms with Gasteiger partial charge in [0.25, 0.3) is 21.6 Å². The Labute approximate surface area is 407 Å². The van der Waals surface area contributed by atoms with Crippen molar-refractivity contribution in [3.63, 3.8) is 0 Å². The van der Waals surface area contributed by atoms with E-state index in [-0.39, 0.29) is 47.0 Å². The summed E-state index contributed by atoms with van der Waals surface area (Å²) in [7, 11) is -4.68. The number of carbonyl (C=O) groups excluding carboxylic acids is 1. The van der Waals surface area contributed by atoms with E-state index in [1.807, 2.05) is 29.2 Å². The van der Waals surface area contributed by atoms with Gasteiger partial charge in [0.15, 0.2) is 11.4 Å². The molecule has 3 N–H and O–H groups in total. The molecule has 5 fully saturated rings. The number of nitrogens with one attached hydrogen (secondary N) is 3. The average Bonchev–Trinajstić information content (AvgIpc) is 4.16. The van der Waals surface area contributed by atoms with Crippen LogP contribution in [0.5, 0.6) is 11.6 Å². The number of ether oxygens (including phenoxy) is 4. The number of sulfonamides is 1. The van der Waals surface area contributed by atoms with Crippen molar-refractivity contribution in [2.45, 2.75) is 106 Å². The summed E-state index contributed by atoms with van der Waals surface area (Å²) in [6, 6.07) is 21.2. The van der Waals surface area contributed by atoms with Gasteiger partial charge in [0.1, 0.15) is 24.0 Å². The number of hydrogen-bond acceptors (Lipinski definition) is 14. The largest absolute Gasteiger partial charge is 0.489 e. The lowest BCUT2D eigenvalue weighted by Gasteiger charge is -2.56. The fraction of sp³-hybridized carbons (Fsp3) is 0.500. The summed E-state index contributed by atoms with van der Waals surface area (Å²) in [6.45, 7) is 9.41. The lowest BCUT2D eigenvalue weighted by atomic mass is 9.59. The maximum Gasteiger partial charge on any atom is 0.297 e. The summed E-state index contributed by atoms with van der Waals surface area (Å²) in [5.41, 5.74) is 5.66. The van der Waals surface area contributed by atoms with Gasteiger partial charge in [-0.3, -0.25) is 19.8 Å². The van der Waals surface area contributed by atoms with Crippen LogP contribution in [-0.4, -0.2) is 111 Å². The van der Waals surface area contributed by atoms with Crippen molar-refractivity contribution in [2.75, 3.05) is 67.8 Å². The molecule has 1 saturated carbocycles. The molecule has 3 aromatic carbocycles. The third-order valence-corrected chi connectivity index (χ3v) is 17.8. The normalized spacial score (nSPS) is 24.6. The molecule has 6 aliphatic heterocycles. The average molecular weight is 973 g/mol. The van der Waals surface area contributed by atoms with Gasteiger partial charge in [-0.1, -0.05) is 38.1 Å². The van der Waals surface area contributed by atoms with Crippen LogP contribution in [0, 0.1) is 21.4 Å². The summed E-state index contributed by atoms with van der Waals surface area (Å²) in [5.74, 6) is 0.167. The summed E-state index contributed by atoms with van der Waals surface area (Å²) in [4.78, 5) is 41.3. The van der Waals surface area contributed by atoms with E-state index < -0.39 is 37.5 Å². The Morgan fingerprint density at radius 2 is 1.76 bits per heavy atom. The van der Waals surface area contributed by atoms with E-state index in [4.69, 9.17) is 23.9 Å². The zero-order chi connectivity index (χ0) is 47.9. The molecular formula is C52H60N8O9S. The van der Waals surface area contributed by atoms with E-state index >= 15 is 0 Å². The molecule has 17 nitrogen and oxygen atoms in total. The molecule has 70 heavy (non-hydrogen) atoms. The number of nitro groups is 1. The third kappa shape index (κ3) is 8.00. The van der Waals surface area contributed by atoms with E-state index in [2.05, 4.69) is 62.9 Å². The Hall–Kier alpha value is -5.95. The SMILES string of the molecule is CC(C)c1ccccc1[C@@H]1CCCN1C1CC2(CCN(c3ccc(C(=O)NS(=O)(=O)c4cc5c(c([N+](=O)[O-])c4)N[C@H](C4CCOCC4)CO5)c(N4c5cc6cc[nH]c6nc5O[C@H]5COC[C@H]54)c3)CC2)C1. The first kappa shape index (κ1) is 45.2. The van der Waals surface area contributed by atoms with Gasteiger partial charge in [-0.05, 0) is 117 Å². The number of nitro benzene ring substituents is 1. The molecule has 18 heteroatoms. The van der Waals surface area contributed by atoms with Gasteiger partial charge in [-0.2, -0.15) is 4.98 Å². The number of H-pyrrole nitrogens is 1. The second kappa shape index (κ2) is 17.7. The van der Waals surface area contributed by atoms with Crippen LogP contribution in [0.2, 0.25) is 0 Å². The molecular weight excluding hydrogens is 913 g/mol. The smallest absolute Gasteiger partial charge is 0.297 e. The number of hydrogen-bond donors (Lipinski definition) is 3. The zero-order valence-corrected chi connectivity index (χ0v) is 40.4. The van der Waals surface area contributed by atoms with Gasteiger partial charge in [-0.25, -0.2) is 13.1 Å². The highest BCUT2D eigenvalue weighted by Crippen LogP contribution is 2.55.